The van der Waals surface area contributed by atoms with Gasteiger partial charge < -0.3 is 15.1 Å². The maximum Gasteiger partial charge on any atom is 0.246 e. The minimum absolute atomic E-state index is 0.00878. The number of pyridine rings is 1. The maximum absolute atomic E-state index is 12.9. The smallest absolute Gasteiger partial charge is 0.246 e. The van der Waals surface area contributed by atoms with Crippen LogP contribution in [0.3, 0.4) is 0 Å². The molecule has 2 aromatic rings. The Morgan fingerprint density at radius 3 is 2.74 bits per heavy atom. The predicted molar refractivity (Wildman–Crippen MR) is 135 cm³/mol. The summed E-state index contributed by atoms with van der Waals surface area (Å²) in [7, 11) is 1.79. The lowest BCUT2D eigenvalue weighted by Gasteiger charge is -2.35. The Morgan fingerprint density at radius 2 is 1.97 bits per heavy atom. The Morgan fingerprint density at radius 1 is 1.14 bits per heavy atom. The summed E-state index contributed by atoms with van der Waals surface area (Å²) < 4.78 is 0. The van der Waals surface area contributed by atoms with Crippen LogP contribution in [-0.4, -0.2) is 64.2 Å². The van der Waals surface area contributed by atoms with Crippen molar-refractivity contribution in [2.24, 2.45) is 5.41 Å². The molecule has 9 heteroatoms. The van der Waals surface area contributed by atoms with Gasteiger partial charge in [-0.05, 0) is 61.4 Å². The first-order valence-corrected chi connectivity index (χ1v) is 13.0. The number of amides is 3. The quantitative estimate of drug-likeness (QED) is 0.664. The van der Waals surface area contributed by atoms with Crippen LogP contribution >= 0.6 is 11.3 Å². The van der Waals surface area contributed by atoms with Gasteiger partial charge >= 0.3 is 0 Å². The SMILES string of the molecule is CN1CCC2(CCC1=O)Cc1cc(C=CC(=O)N3CCC(=Cc4cscn4)CC3)cnc1NC2=O. The van der Waals surface area contributed by atoms with Gasteiger partial charge in [-0.2, -0.15) is 0 Å². The molecule has 1 unspecified atom stereocenters. The molecule has 1 spiro atoms. The van der Waals surface area contributed by atoms with E-state index < -0.39 is 5.41 Å². The number of nitrogens with zero attached hydrogens (tertiary/aromatic N) is 4. The van der Waals surface area contributed by atoms with Gasteiger partial charge in [-0.15, -0.1) is 11.3 Å². The molecule has 3 aliphatic rings. The van der Waals surface area contributed by atoms with Crippen molar-refractivity contribution in [1.82, 2.24) is 19.8 Å². The van der Waals surface area contributed by atoms with Crippen molar-refractivity contribution in [3.05, 3.63) is 51.6 Å². The minimum atomic E-state index is -0.592. The standard InChI is InChI=1S/C26H29N5O3S/c1-30-11-8-26(7-4-22(30)32)14-20-12-19(15-27-24(20)29-25(26)34)2-3-23(33)31-9-5-18(6-10-31)13-21-16-35-17-28-21/h2-3,12-13,15-17H,4-11,14H2,1H3,(H,27,29,34). The lowest BCUT2D eigenvalue weighted by Crippen LogP contribution is -2.42. The summed E-state index contributed by atoms with van der Waals surface area (Å²) in [4.78, 5) is 50.2. The normalized spacial score (nSPS) is 22.8. The maximum atomic E-state index is 12.9. The minimum Gasteiger partial charge on any atom is -0.346 e. The van der Waals surface area contributed by atoms with Gasteiger partial charge in [0.25, 0.3) is 0 Å². The van der Waals surface area contributed by atoms with E-state index in [-0.39, 0.29) is 17.7 Å². The summed E-state index contributed by atoms with van der Waals surface area (Å²) in [6.45, 7) is 1.96. The fraction of sp³-hybridized carbons (Fsp3) is 0.423. The van der Waals surface area contributed by atoms with Crippen LogP contribution in [0.15, 0.2) is 34.8 Å². The lowest BCUT2D eigenvalue weighted by molar-refractivity contribution is -0.129. The molecular formula is C26H29N5O3S. The summed E-state index contributed by atoms with van der Waals surface area (Å²) >= 11 is 1.58. The highest BCUT2D eigenvalue weighted by Crippen LogP contribution is 2.41. The van der Waals surface area contributed by atoms with Gasteiger partial charge in [-0.25, -0.2) is 9.97 Å². The molecule has 3 aliphatic heterocycles. The van der Waals surface area contributed by atoms with E-state index >= 15 is 0 Å². The first-order chi connectivity index (χ1) is 16.9. The summed E-state index contributed by atoms with van der Waals surface area (Å²) in [5.41, 5.74) is 5.33. The zero-order valence-electron chi connectivity index (χ0n) is 19.8. The van der Waals surface area contributed by atoms with Crippen molar-refractivity contribution in [2.45, 2.75) is 38.5 Å². The number of aromatic nitrogens is 2. The third-order valence-electron chi connectivity index (χ3n) is 7.34. The average Bonchev–Trinajstić information content (AvgIpc) is 3.33. The second-order valence-electron chi connectivity index (χ2n) is 9.63. The highest BCUT2D eigenvalue weighted by Gasteiger charge is 2.44. The van der Waals surface area contributed by atoms with Gasteiger partial charge in [0, 0.05) is 50.8 Å². The molecule has 35 heavy (non-hydrogen) atoms. The molecule has 2 aromatic heterocycles. The summed E-state index contributed by atoms with van der Waals surface area (Å²) in [6, 6.07) is 1.99. The monoisotopic (exact) mass is 491 g/mol. The number of carbonyl (C=O) groups excluding carboxylic acids is 3. The highest BCUT2D eigenvalue weighted by molar-refractivity contribution is 7.07. The molecular weight excluding hydrogens is 462 g/mol. The van der Waals surface area contributed by atoms with Crippen molar-refractivity contribution >= 4 is 47.0 Å². The molecule has 5 rings (SSSR count). The van der Waals surface area contributed by atoms with Crippen LogP contribution in [-0.2, 0) is 20.8 Å². The molecule has 0 aliphatic carbocycles. The molecule has 182 valence electrons. The molecule has 3 amide bonds. The first kappa shape index (κ1) is 23.4. The summed E-state index contributed by atoms with van der Waals surface area (Å²) in [5, 5.41) is 4.98. The average molecular weight is 492 g/mol. The van der Waals surface area contributed by atoms with Crippen molar-refractivity contribution < 1.29 is 14.4 Å². The molecule has 0 saturated carbocycles. The fourth-order valence-electron chi connectivity index (χ4n) is 5.06. The molecule has 1 atom stereocenters. The van der Waals surface area contributed by atoms with Crippen LogP contribution in [0.1, 0.15) is 48.9 Å². The Labute approximate surface area is 208 Å². The van der Waals surface area contributed by atoms with Crippen LogP contribution in [0.2, 0.25) is 0 Å². The van der Waals surface area contributed by atoms with Crippen LogP contribution in [0.5, 0.6) is 0 Å². The number of anilines is 1. The lowest BCUT2D eigenvalue weighted by atomic mass is 9.73. The first-order valence-electron chi connectivity index (χ1n) is 12.0. The van der Waals surface area contributed by atoms with Crippen LogP contribution in [0, 0.1) is 5.41 Å². The van der Waals surface area contributed by atoms with E-state index in [0.29, 0.717) is 51.1 Å². The van der Waals surface area contributed by atoms with E-state index in [9.17, 15) is 14.4 Å². The number of hydrogen-bond donors (Lipinski definition) is 1. The number of fused-ring (bicyclic) bond motifs is 1. The van der Waals surface area contributed by atoms with Crippen LogP contribution in [0.4, 0.5) is 5.82 Å². The molecule has 0 radical (unpaired) electrons. The number of thiazole rings is 1. The molecule has 1 N–H and O–H groups in total. The van der Waals surface area contributed by atoms with Crippen molar-refractivity contribution in [2.75, 3.05) is 32.0 Å². The molecule has 0 aromatic carbocycles. The number of carbonyl (C=O) groups is 3. The molecule has 2 fully saturated rings. The Kier molecular flexibility index (Phi) is 6.51. The van der Waals surface area contributed by atoms with E-state index in [0.717, 1.165) is 29.7 Å². The summed E-state index contributed by atoms with van der Waals surface area (Å²) in [6.07, 6.45) is 11.0. The zero-order chi connectivity index (χ0) is 24.4. The van der Waals surface area contributed by atoms with Gasteiger partial charge in [0.15, 0.2) is 0 Å². The second kappa shape index (κ2) is 9.73. The van der Waals surface area contributed by atoms with E-state index in [2.05, 4.69) is 21.4 Å². The third-order valence-corrected chi connectivity index (χ3v) is 7.94. The van der Waals surface area contributed by atoms with Gasteiger partial charge in [-0.3, -0.25) is 14.4 Å². The highest BCUT2D eigenvalue weighted by atomic mass is 32.1. The van der Waals surface area contributed by atoms with Crippen molar-refractivity contribution in [3.63, 3.8) is 0 Å². The Bertz CT molecular complexity index is 1200. The molecule has 0 bridgehead atoms. The fourth-order valence-corrected chi connectivity index (χ4v) is 5.57. The number of rotatable bonds is 3. The topological polar surface area (TPSA) is 95.5 Å². The number of likely N-dealkylation sites (tertiary alicyclic amines) is 2. The van der Waals surface area contributed by atoms with Gasteiger partial charge in [-0.1, -0.05) is 5.57 Å². The van der Waals surface area contributed by atoms with Gasteiger partial charge in [0.2, 0.25) is 17.7 Å². The van der Waals surface area contributed by atoms with Gasteiger partial charge in [0.05, 0.1) is 16.6 Å². The molecule has 2 saturated heterocycles. The van der Waals surface area contributed by atoms with Crippen LogP contribution < -0.4 is 5.32 Å². The van der Waals surface area contributed by atoms with Crippen LogP contribution in [0.25, 0.3) is 12.2 Å². The zero-order valence-corrected chi connectivity index (χ0v) is 20.6. The molecule has 5 heterocycles. The number of hydrogen-bond acceptors (Lipinski definition) is 6. The van der Waals surface area contributed by atoms with E-state index in [1.54, 1.807) is 41.6 Å². The molecule has 8 nitrogen and oxygen atoms in total. The third kappa shape index (κ3) is 5.05. The largest absolute Gasteiger partial charge is 0.346 e. The number of piperidine rings is 1. The van der Waals surface area contributed by atoms with Crippen molar-refractivity contribution in [1.29, 1.82) is 0 Å². The van der Waals surface area contributed by atoms with Crippen molar-refractivity contribution in [3.8, 4) is 0 Å². The van der Waals surface area contributed by atoms with E-state index in [4.69, 9.17) is 0 Å². The van der Waals surface area contributed by atoms with E-state index in [1.807, 2.05) is 21.9 Å². The number of nitrogens with one attached hydrogen (secondary N) is 1. The Hall–Kier alpha value is -3.33. The van der Waals surface area contributed by atoms with E-state index in [1.165, 1.54) is 5.57 Å². The van der Waals surface area contributed by atoms with Gasteiger partial charge in [0.1, 0.15) is 5.82 Å². The summed E-state index contributed by atoms with van der Waals surface area (Å²) in [5.74, 6) is 0.596. The second-order valence-corrected chi connectivity index (χ2v) is 10.3. The Balaban J connectivity index is 1.24. The predicted octanol–water partition coefficient (Wildman–Crippen LogP) is 3.38.